The number of benzene rings is 1. The van der Waals surface area contributed by atoms with Crippen molar-refractivity contribution in [2.24, 2.45) is 0 Å². The number of rotatable bonds is 3. The van der Waals surface area contributed by atoms with Crippen LogP contribution in [0.15, 0.2) is 18.2 Å². The van der Waals surface area contributed by atoms with Gasteiger partial charge in [0, 0.05) is 17.9 Å². The lowest BCUT2D eigenvalue weighted by Gasteiger charge is -2.38. The number of aryl methyl sites for hydroxylation is 1. The Labute approximate surface area is 130 Å². The molecule has 0 radical (unpaired) electrons. The van der Waals surface area contributed by atoms with Crippen molar-refractivity contribution in [2.75, 3.05) is 13.1 Å². The predicted molar refractivity (Wildman–Crippen MR) is 84.5 cm³/mol. The van der Waals surface area contributed by atoms with Crippen molar-refractivity contribution in [1.82, 2.24) is 5.32 Å². The zero-order valence-corrected chi connectivity index (χ0v) is 13.4. The van der Waals surface area contributed by atoms with Crippen LogP contribution in [0, 0.1) is 6.92 Å². The van der Waals surface area contributed by atoms with Crippen molar-refractivity contribution in [3.8, 4) is 0 Å². The van der Waals surface area contributed by atoms with Gasteiger partial charge in [0.2, 0.25) is 0 Å². The first-order chi connectivity index (χ1) is 9.44. The van der Waals surface area contributed by atoms with E-state index < -0.39 is 10.9 Å². The largest absolute Gasteiger partial charge is 0.453 e. The van der Waals surface area contributed by atoms with Crippen LogP contribution in [0.1, 0.15) is 30.9 Å². The molecule has 1 saturated heterocycles. The summed E-state index contributed by atoms with van der Waals surface area (Å²) < 4.78 is 5.82. The first-order valence-corrected chi connectivity index (χ1v) is 7.72. The van der Waals surface area contributed by atoms with Crippen molar-refractivity contribution in [3.05, 3.63) is 34.3 Å². The van der Waals surface area contributed by atoms with Gasteiger partial charge in [-0.1, -0.05) is 23.7 Å². The zero-order valence-electron chi connectivity index (χ0n) is 11.8. The molecule has 0 aromatic heterocycles. The number of halogens is 1. The highest BCUT2D eigenvalue weighted by Crippen LogP contribution is 2.37. The molecule has 110 valence electrons. The van der Waals surface area contributed by atoms with Crippen LogP contribution in [0.5, 0.6) is 0 Å². The summed E-state index contributed by atoms with van der Waals surface area (Å²) in [5.74, 6) is -0.275. The normalized spacial score (nSPS) is 19.4. The monoisotopic (exact) mass is 313 g/mol. The molecule has 0 bridgehead atoms. The van der Waals surface area contributed by atoms with E-state index in [-0.39, 0.29) is 5.97 Å². The molecule has 1 heterocycles. The lowest BCUT2D eigenvalue weighted by atomic mass is 9.84. The fourth-order valence-corrected chi connectivity index (χ4v) is 2.66. The molecule has 1 aromatic carbocycles. The number of hydrogen-bond donors (Lipinski definition) is 2. The smallest absolute Gasteiger partial charge is 0.319 e. The van der Waals surface area contributed by atoms with Crippen LogP contribution in [0.2, 0.25) is 5.02 Å². The van der Waals surface area contributed by atoms with Gasteiger partial charge in [-0.15, -0.1) is 0 Å². The molecule has 1 N–H and O–H groups in total. The molecular formula is C15H20ClNO2S. The average Bonchev–Trinajstić information content (AvgIpc) is 2.42. The van der Waals surface area contributed by atoms with E-state index in [9.17, 15) is 4.79 Å². The third-order valence-corrected chi connectivity index (χ3v) is 4.37. The van der Waals surface area contributed by atoms with Crippen molar-refractivity contribution in [3.63, 3.8) is 0 Å². The van der Waals surface area contributed by atoms with E-state index in [2.05, 4.69) is 17.9 Å². The third-order valence-electron chi connectivity index (χ3n) is 3.73. The van der Waals surface area contributed by atoms with Crippen LogP contribution >= 0.6 is 24.2 Å². The Balaban J connectivity index is 2.35. The highest BCUT2D eigenvalue weighted by atomic mass is 35.5. The molecule has 1 fully saturated rings. The van der Waals surface area contributed by atoms with Gasteiger partial charge in [-0.3, -0.25) is 4.79 Å². The van der Waals surface area contributed by atoms with Crippen LogP contribution in [-0.4, -0.2) is 24.3 Å². The highest BCUT2D eigenvalue weighted by molar-refractivity contribution is 7.81. The van der Waals surface area contributed by atoms with E-state index >= 15 is 0 Å². The molecule has 1 aromatic rings. The Bertz CT molecular complexity index is 499. The molecular weight excluding hydrogens is 294 g/mol. The van der Waals surface area contributed by atoms with Gasteiger partial charge >= 0.3 is 5.97 Å². The number of piperidine rings is 1. The molecule has 2 rings (SSSR count). The van der Waals surface area contributed by atoms with Crippen LogP contribution in [0.3, 0.4) is 0 Å². The third kappa shape index (κ3) is 3.30. The summed E-state index contributed by atoms with van der Waals surface area (Å²) in [5.41, 5.74) is 1.45. The molecule has 0 spiro atoms. The number of ether oxygens (including phenoxy) is 1. The summed E-state index contributed by atoms with van der Waals surface area (Å²) in [7, 11) is 0. The number of esters is 1. The maximum absolute atomic E-state index is 12.0. The molecule has 5 heteroatoms. The van der Waals surface area contributed by atoms with Crippen molar-refractivity contribution in [1.29, 1.82) is 0 Å². The van der Waals surface area contributed by atoms with Crippen LogP contribution in [0.4, 0.5) is 0 Å². The molecule has 0 saturated carbocycles. The second kappa shape index (κ2) is 6.37. The maximum atomic E-state index is 12.0. The fourth-order valence-electron chi connectivity index (χ4n) is 2.49. The molecule has 0 aliphatic carbocycles. The Morgan fingerprint density at radius 3 is 2.65 bits per heavy atom. The van der Waals surface area contributed by atoms with E-state index in [4.69, 9.17) is 16.3 Å². The lowest BCUT2D eigenvalue weighted by molar-refractivity contribution is -0.163. The number of carbonyl (C=O) groups is 1. The highest BCUT2D eigenvalue weighted by Gasteiger charge is 2.38. The summed E-state index contributed by atoms with van der Waals surface area (Å²) in [6, 6.07) is 5.84. The zero-order chi connectivity index (χ0) is 14.8. The predicted octanol–water partition coefficient (Wildman–Crippen LogP) is 3.09. The minimum Gasteiger partial charge on any atom is -0.453 e. The Morgan fingerprint density at radius 2 is 2.10 bits per heavy atom. The molecule has 0 amide bonds. The van der Waals surface area contributed by atoms with Crippen LogP contribution in [0.25, 0.3) is 0 Å². The molecule has 1 aliphatic rings. The van der Waals surface area contributed by atoms with Gasteiger partial charge in [0.1, 0.15) is 5.60 Å². The van der Waals surface area contributed by atoms with Gasteiger partial charge in [0.25, 0.3) is 0 Å². The van der Waals surface area contributed by atoms with Crippen molar-refractivity contribution in [2.45, 2.75) is 37.5 Å². The van der Waals surface area contributed by atoms with E-state index in [1.807, 2.05) is 25.1 Å². The van der Waals surface area contributed by atoms with Crippen LogP contribution < -0.4 is 5.32 Å². The average molecular weight is 314 g/mol. The van der Waals surface area contributed by atoms with E-state index in [0.717, 1.165) is 42.1 Å². The number of nitrogens with one attached hydrogen (secondary N) is 1. The fraction of sp³-hybridized carbons (Fsp3) is 0.533. The molecule has 1 aliphatic heterocycles. The van der Waals surface area contributed by atoms with Gasteiger partial charge in [-0.05, 0) is 44.1 Å². The SMILES string of the molecule is Cc1cc(C2(OC(=O)C(C)S)CCNCC2)ccc1Cl. The van der Waals surface area contributed by atoms with E-state index in [0.29, 0.717) is 0 Å². The second-order valence-electron chi connectivity index (χ2n) is 5.31. The summed E-state index contributed by atoms with van der Waals surface area (Å²) in [6.07, 6.45) is 1.53. The first-order valence-electron chi connectivity index (χ1n) is 6.83. The van der Waals surface area contributed by atoms with E-state index in [1.54, 1.807) is 6.92 Å². The van der Waals surface area contributed by atoms with Gasteiger partial charge in [0.05, 0.1) is 5.25 Å². The van der Waals surface area contributed by atoms with Gasteiger partial charge < -0.3 is 10.1 Å². The molecule has 1 atom stereocenters. The molecule has 3 nitrogen and oxygen atoms in total. The number of hydrogen-bond acceptors (Lipinski definition) is 4. The standard InChI is InChI=1S/C15H20ClNO2S/c1-10-9-12(3-4-13(10)16)15(5-7-17-8-6-15)19-14(18)11(2)20/h3-4,9,11,17,20H,5-8H2,1-2H3. The van der Waals surface area contributed by atoms with Gasteiger partial charge in [-0.2, -0.15) is 12.6 Å². The summed E-state index contributed by atoms with van der Waals surface area (Å²) in [4.78, 5) is 12.0. The van der Waals surface area contributed by atoms with E-state index in [1.165, 1.54) is 0 Å². The summed E-state index contributed by atoms with van der Waals surface area (Å²) >= 11 is 10.3. The Morgan fingerprint density at radius 1 is 1.45 bits per heavy atom. The van der Waals surface area contributed by atoms with Crippen molar-refractivity contribution < 1.29 is 9.53 Å². The second-order valence-corrected chi connectivity index (χ2v) is 6.49. The number of carbonyl (C=O) groups excluding carboxylic acids is 1. The summed E-state index contributed by atoms with van der Waals surface area (Å²) in [5, 5.41) is 3.61. The maximum Gasteiger partial charge on any atom is 0.319 e. The lowest BCUT2D eigenvalue weighted by Crippen LogP contribution is -2.44. The van der Waals surface area contributed by atoms with Gasteiger partial charge in [0.15, 0.2) is 0 Å². The van der Waals surface area contributed by atoms with Crippen molar-refractivity contribution >= 4 is 30.2 Å². The first kappa shape index (κ1) is 15.7. The molecule has 20 heavy (non-hydrogen) atoms. The Kier molecular flexibility index (Phi) is 4.99. The topological polar surface area (TPSA) is 38.3 Å². The number of thiol groups is 1. The van der Waals surface area contributed by atoms with Crippen LogP contribution in [-0.2, 0) is 15.1 Å². The minimum atomic E-state index is -0.561. The quantitative estimate of drug-likeness (QED) is 0.665. The van der Waals surface area contributed by atoms with Gasteiger partial charge in [-0.25, -0.2) is 0 Å². The summed E-state index contributed by atoms with van der Waals surface area (Å²) in [6.45, 7) is 5.35. The minimum absolute atomic E-state index is 0.275. The Hall–Kier alpha value is -0.710. The molecule has 1 unspecified atom stereocenters.